The Bertz CT molecular complexity index is 1260. The molecular weight excluding hydrogens is 418 g/mol. The Morgan fingerprint density at radius 2 is 1.61 bits per heavy atom. The molecule has 3 aromatic rings. The minimum absolute atomic E-state index is 0.0471. The van der Waals surface area contributed by atoms with Crippen LogP contribution in [0.5, 0.6) is 11.5 Å². The van der Waals surface area contributed by atoms with Gasteiger partial charge in [0, 0.05) is 10.9 Å². The molecule has 6 heteroatoms. The first-order valence-electron chi connectivity index (χ1n) is 11.4. The highest BCUT2D eigenvalue weighted by Gasteiger charge is 2.34. The van der Waals surface area contributed by atoms with Crippen LogP contribution in [0.3, 0.4) is 0 Å². The third kappa shape index (κ3) is 3.86. The van der Waals surface area contributed by atoms with Crippen LogP contribution in [-0.4, -0.2) is 23.9 Å². The average molecular weight is 443 g/mol. The number of amides is 2. The van der Waals surface area contributed by atoms with Crippen LogP contribution in [0.1, 0.15) is 60.2 Å². The van der Waals surface area contributed by atoms with Crippen molar-refractivity contribution in [3.63, 3.8) is 0 Å². The smallest absolute Gasteiger partial charge is 0.314 e. The number of imide groups is 1. The highest BCUT2D eigenvalue weighted by atomic mass is 16.5. The van der Waals surface area contributed by atoms with Crippen molar-refractivity contribution >= 4 is 34.2 Å². The standard InChI is InChI=1S/C27H25NO5/c1-16(2)32-21-14-18-8-5-9-22-24(18)23(15-21)26(30)28(25(22)29)19-10-12-20(13-11-19)33-27(31)17-6-3-4-7-17/h5,8-17H,3-4,6-7H2,1-2H3. The Balaban J connectivity index is 1.47. The van der Waals surface area contributed by atoms with Gasteiger partial charge in [-0.25, -0.2) is 4.90 Å². The zero-order valence-electron chi connectivity index (χ0n) is 18.7. The number of hydrogen-bond donors (Lipinski definition) is 0. The summed E-state index contributed by atoms with van der Waals surface area (Å²) in [5.74, 6) is -0.0677. The third-order valence-electron chi connectivity index (χ3n) is 6.19. The van der Waals surface area contributed by atoms with E-state index in [4.69, 9.17) is 9.47 Å². The van der Waals surface area contributed by atoms with Crippen LogP contribution in [0.25, 0.3) is 10.8 Å². The van der Waals surface area contributed by atoms with Gasteiger partial charge in [-0.05, 0) is 74.5 Å². The molecule has 0 unspecified atom stereocenters. The lowest BCUT2D eigenvalue weighted by atomic mass is 9.93. The Hall–Kier alpha value is -3.67. The van der Waals surface area contributed by atoms with E-state index in [9.17, 15) is 14.4 Å². The molecule has 1 aliphatic heterocycles. The summed E-state index contributed by atoms with van der Waals surface area (Å²) in [4.78, 5) is 40.2. The van der Waals surface area contributed by atoms with E-state index in [-0.39, 0.29) is 23.9 Å². The minimum Gasteiger partial charge on any atom is -0.491 e. The highest BCUT2D eigenvalue weighted by molar-refractivity contribution is 6.35. The fourth-order valence-electron chi connectivity index (χ4n) is 4.68. The highest BCUT2D eigenvalue weighted by Crippen LogP contribution is 2.36. The number of hydrogen-bond acceptors (Lipinski definition) is 5. The van der Waals surface area contributed by atoms with Crippen LogP contribution in [0.4, 0.5) is 5.69 Å². The second kappa shape index (κ2) is 8.35. The molecule has 1 aliphatic carbocycles. The lowest BCUT2D eigenvalue weighted by Gasteiger charge is -2.28. The number of nitrogens with zero attached hydrogens (tertiary/aromatic N) is 1. The molecule has 2 amide bonds. The second-order valence-electron chi connectivity index (χ2n) is 8.88. The van der Waals surface area contributed by atoms with Crippen LogP contribution < -0.4 is 14.4 Å². The number of carbonyl (C=O) groups excluding carboxylic acids is 3. The summed E-state index contributed by atoms with van der Waals surface area (Å²) < 4.78 is 11.3. The summed E-state index contributed by atoms with van der Waals surface area (Å²) in [5, 5.41) is 1.43. The summed E-state index contributed by atoms with van der Waals surface area (Å²) in [7, 11) is 0. The van der Waals surface area contributed by atoms with Gasteiger partial charge in [0.1, 0.15) is 11.5 Å². The molecule has 0 bridgehead atoms. The van der Waals surface area contributed by atoms with E-state index < -0.39 is 5.91 Å². The van der Waals surface area contributed by atoms with E-state index in [1.807, 2.05) is 26.0 Å². The quantitative estimate of drug-likeness (QED) is 0.295. The van der Waals surface area contributed by atoms with E-state index in [2.05, 4.69) is 0 Å². The molecule has 6 nitrogen and oxygen atoms in total. The molecule has 1 heterocycles. The summed E-state index contributed by atoms with van der Waals surface area (Å²) >= 11 is 0. The molecule has 1 saturated carbocycles. The normalized spacial score (nSPS) is 16.0. The van der Waals surface area contributed by atoms with Crippen LogP contribution in [-0.2, 0) is 4.79 Å². The van der Waals surface area contributed by atoms with Crippen molar-refractivity contribution in [3.8, 4) is 11.5 Å². The van der Waals surface area contributed by atoms with Crippen molar-refractivity contribution in [1.82, 2.24) is 0 Å². The Morgan fingerprint density at radius 1 is 0.909 bits per heavy atom. The lowest BCUT2D eigenvalue weighted by molar-refractivity contribution is -0.138. The van der Waals surface area contributed by atoms with Gasteiger partial charge in [0.15, 0.2) is 0 Å². The van der Waals surface area contributed by atoms with Crippen molar-refractivity contribution in [2.24, 2.45) is 5.92 Å². The Kier molecular flexibility index (Phi) is 5.36. The van der Waals surface area contributed by atoms with Crippen LogP contribution in [0.15, 0.2) is 54.6 Å². The fraction of sp³-hybridized carbons (Fsp3) is 0.296. The largest absolute Gasteiger partial charge is 0.491 e. The number of rotatable bonds is 5. The van der Waals surface area contributed by atoms with E-state index in [1.54, 1.807) is 42.5 Å². The molecule has 168 valence electrons. The van der Waals surface area contributed by atoms with Gasteiger partial charge in [-0.1, -0.05) is 25.0 Å². The predicted octanol–water partition coefficient (Wildman–Crippen LogP) is 5.52. The summed E-state index contributed by atoms with van der Waals surface area (Å²) in [6, 6.07) is 15.5. The minimum atomic E-state index is -0.409. The number of benzene rings is 3. The maximum atomic E-state index is 13.5. The van der Waals surface area contributed by atoms with Crippen molar-refractivity contribution in [2.45, 2.75) is 45.6 Å². The van der Waals surface area contributed by atoms with Gasteiger partial charge in [0.05, 0.1) is 23.3 Å². The van der Waals surface area contributed by atoms with E-state index in [1.165, 1.54) is 4.90 Å². The van der Waals surface area contributed by atoms with E-state index in [0.717, 1.165) is 31.1 Å². The first-order valence-corrected chi connectivity index (χ1v) is 11.4. The molecule has 2 aliphatic rings. The van der Waals surface area contributed by atoms with Crippen LogP contribution in [0.2, 0.25) is 0 Å². The first-order chi connectivity index (χ1) is 15.9. The molecule has 3 aromatic carbocycles. The summed E-state index contributed by atoms with van der Waals surface area (Å²) in [5.41, 5.74) is 1.31. The van der Waals surface area contributed by atoms with Gasteiger partial charge >= 0.3 is 5.97 Å². The number of carbonyl (C=O) groups is 3. The topological polar surface area (TPSA) is 72.9 Å². The summed E-state index contributed by atoms with van der Waals surface area (Å²) in [6.07, 6.45) is 3.78. The first kappa shape index (κ1) is 21.2. The van der Waals surface area contributed by atoms with Crippen molar-refractivity contribution < 1.29 is 23.9 Å². The Labute approximate surface area is 192 Å². The van der Waals surface area contributed by atoms with Crippen LogP contribution >= 0.6 is 0 Å². The van der Waals surface area contributed by atoms with Crippen LogP contribution in [0, 0.1) is 5.92 Å². The van der Waals surface area contributed by atoms with Gasteiger partial charge in [-0.15, -0.1) is 0 Å². The molecule has 0 N–H and O–H groups in total. The molecular formula is C27H25NO5. The maximum Gasteiger partial charge on any atom is 0.314 e. The molecule has 0 saturated heterocycles. The van der Waals surface area contributed by atoms with Gasteiger partial charge in [-0.3, -0.25) is 14.4 Å². The third-order valence-corrected chi connectivity index (χ3v) is 6.19. The number of esters is 1. The number of ether oxygens (including phenoxy) is 2. The molecule has 33 heavy (non-hydrogen) atoms. The molecule has 0 atom stereocenters. The van der Waals surface area contributed by atoms with Gasteiger partial charge in [0.2, 0.25) is 0 Å². The van der Waals surface area contributed by atoms with E-state index >= 15 is 0 Å². The van der Waals surface area contributed by atoms with Gasteiger partial charge < -0.3 is 9.47 Å². The molecule has 0 aromatic heterocycles. The zero-order valence-corrected chi connectivity index (χ0v) is 18.7. The van der Waals surface area contributed by atoms with Gasteiger partial charge in [-0.2, -0.15) is 0 Å². The molecule has 5 rings (SSSR count). The second-order valence-corrected chi connectivity index (χ2v) is 8.88. The fourth-order valence-corrected chi connectivity index (χ4v) is 4.68. The lowest BCUT2D eigenvalue weighted by Crippen LogP contribution is -2.40. The maximum absolute atomic E-state index is 13.5. The molecule has 1 fully saturated rings. The monoisotopic (exact) mass is 443 g/mol. The van der Waals surface area contributed by atoms with Crippen molar-refractivity contribution in [1.29, 1.82) is 0 Å². The Morgan fingerprint density at radius 3 is 2.30 bits per heavy atom. The van der Waals surface area contributed by atoms with Crippen molar-refractivity contribution in [2.75, 3.05) is 4.90 Å². The molecule has 0 radical (unpaired) electrons. The average Bonchev–Trinajstić information content (AvgIpc) is 3.33. The van der Waals surface area contributed by atoms with Crippen molar-refractivity contribution in [3.05, 3.63) is 65.7 Å². The SMILES string of the molecule is CC(C)Oc1cc2c3c(cccc3c1)C(=O)N(c1ccc(OC(=O)C3CCCC3)cc1)C2=O. The molecule has 0 spiro atoms. The number of anilines is 1. The van der Waals surface area contributed by atoms with E-state index in [0.29, 0.717) is 33.7 Å². The summed E-state index contributed by atoms with van der Waals surface area (Å²) in [6.45, 7) is 3.84. The zero-order chi connectivity index (χ0) is 23.1. The predicted molar refractivity (Wildman–Crippen MR) is 125 cm³/mol. The van der Waals surface area contributed by atoms with Gasteiger partial charge in [0.25, 0.3) is 11.8 Å².